The Hall–Kier alpha value is -2.63. The molecule has 0 unspecified atom stereocenters. The molecule has 2 aromatic rings. The molecule has 1 aromatic heterocycles. The fourth-order valence-electron chi connectivity index (χ4n) is 1.52. The van der Waals surface area contributed by atoms with Crippen molar-refractivity contribution < 1.29 is 15.0 Å². The summed E-state index contributed by atoms with van der Waals surface area (Å²) in [6, 6.07) is 9.96. The van der Waals surface area contributed by atoms with Gasteiger partial charge in [0.15, 0.2) is 11.6 Å². The van der Waals surface area contributed by atoms with Crippen molar-refractivity contribution in [1.82, 2.24) is 9.55 Å². The molecule has 0 aliphatic heterocycles. The molecule has 0 amide bonds. The first-order valence-electron chi connectivity index (χ1n) is 5.16. The van der Waals surface area contributed by atoms with Crippen molar-refractivity contribution in [1.29, 1.82) is 0 Å². The average Bonchev–Trinajstić information content (AvgIpc) is 2.34. The summed E-state index contributed by atoms with van der Waals surface area (Å²) in [5, 5.41) is 18.3. The zero-order chi connectivity index (χ0) is 13.1. The molecule has 2 rings (SSSR count). The molecule has 0 spiro atoms. The van der Waals surface area contributed by atoms with Gasteiger partial charge < -0.3 is 10.2 Å². The van der Waals surface area contributed by atoms with Crippen LogP contribution in [-0.4, -0.2) is 25.7 Å². The fourth-order valence-corrected chi connectivity index (χ4v) is 1.52. The van der Waals surface area contributed by atoms with Gasteiger partial charge >= 0.3 is 11.7 Å². The summed E-state index contributed by atoms with van der Waals surface area (Å²) in [4.78, 5) is 25.6. The molecule has 0 aliphatic rings. The first kappa shape index (κ1) is 11.8. The summed E-state index contributed by atoms with van der Waals surface area (Å²) in [6.07, 6.45) is 0. The van der Waals surface area contributed by atoms with E-state index in [0.717, 1.165) is 16.2 Å². The zero-order valence-corrected chi connectivity index (χ0v) is 9.28. The highest BCUT2D eigenvalue weighted by Gasteiger charge is 2.12. The van der Waals surface area contributed by atoms with Crippen molar-refractivity contribution in [2.24, 2.45) is 0 Å². The molecule has 0 radical (unpaired) electrons. The highest BCUT2D eigenvalue weighted by molar-refractivity contribution is 5.85. The minimum atomic E-state index is -1.35. The van der Waals surface area contributed by atoms with E-state index in [9.17, 15) is 14.7 Å². The molecule has 18 heavy (non-hydrogen) atoms. The van der Waals surface area contributed by atoms with Crippen molar-refractivity contribution in [3.63, 3.8) is 0 Å². The van der Waals surface area contributed by atoms with E-state index < -0.39 is 23.2 Å². The zero-order valence-electron chi connectivity index (χ0n) is 9.28. The van der Waals surface area contributed by atoms with Gasteiger partial charge in [0.05, 0.1) is 6.54 Å². The second-order valence-corrected chi connectivity index (χ2v) is 3.66. The van der Waals surface area contributed by atoms with Crippen LogP contribution in [0.2, 0.25) is 0 Å². The molecular weight excluding hydrogens is 236 g/mol. The second-order valence-electron chi connectivity index (χ2n) is 3.66. The molecule has 0 atom stereocenters. The molecule has 92 valence electrons. The van der Waals surface area contributed by atoms with E-state index >= 15 is 0 Å². The number of carboxylic acids is 1. The standard InChI is InChI=1S/C12H10N2O4/c15-10-6-9(11(16)17)13-12(18)14(10)7-8-4-2-1-3-5-8/h1-6,15H,7H2,(H,16,17). The van der Waals surface area contributed by atoms with Crippen LogP contribution < -0.4 is 5.69 Å². The fraction of sp³-hybridized carbons (Fsp3) is 0.0833. The van der Waals surface area contributed by atoms with Gasteiger partial charge in [0.25, 0.3) is 0 Å². The number of carbonyl (C=O) groups is 1. The monoisotopic (exact) mass is 246 g/mol. The number of aromatic carboxylic acids is 1. The van der Waals surface area contributed by atoms with Crippen molar-refractivity contribution in [3.8, 4) is 5.88 Å². The highest BCUT2D eigenvalue weighted by Crippen LogP contribution is 2.10. The lowest BCUT2D eigenvalue weighted by molar-refractivity contribution is 0.0688. The topological polar surface area (TPSA) is 92.4 Å². The van der Waals surface area contributed by atoms with Crippen molar-refractivity contribution in [2.45, 2.75) is 6.54 Å². The first-order valence-corrected chi connectivity index (χ1v) is 5.16. The average molecular weight is 246 g/mol. The maximum Gasteiger partial charge on any atom is 0.354 e. The third-order valence-corrected chi connectivity index (χ3v) is 2.39. The second kappa shape index (κ2) is 4.70. The Bertz CT molecular complexity index is 634. The number of rotatable bonds is 3. The Balaban J connectivity index is 2.41. The van der Waals surface area contributed by atoms with Crippen LogP contribution in [0.4, 0.5) is 0 Å². The Morgan fingerprint density at radius 3 is 2.50 bits per heavy atom. The van der Waals surface area contributed by atoms with Gasteiger partial charge in [0.1, 0.15) is 0 Å². The maximum absolute atomic E-state index is 11.6. The molecule has 1 heterocycles. The van der Waals surface area contributed by atoms with Crippen LogP contribution in [0.5, 0.6) is 5.88 Å². The number of hydrogen-bond donors (Lipinski definition) is 2. The van der Waals surface area contributed by atoms with E-state index in [4.69, 9.17) is 5.11 Å². The highest BCUT2D eigenvalue weighted by atomic mass is 16.4. The van der Waals surface area contributed by atoms with Gasteiger partial charge in [-0.25, -0.2) is 9.59 Å². The van der Waals surface area contributed by atoms with Gasteiger partial charge in [-0.05, 0) is 5.56 Å². The van der Waals surface area contributed by atoms with Gasteiger partial charge in [-0.1, -0.05) is 30.3 Å². The van der Waals surface area contributed by atoms with Crippen LogP contribution in [0, 0.1) is 0 Å². The van der Waals surface area contributed by atoms with E-state index in [1.54, 1.807) is 24.3 Å². The number of benzene rings is 1. The number of hydrogen-bond acceptors (Lipinski definition) is 4. The van der Waals surface area contributed by atoms with Gasteiger partial charge in [0.2, 0.25) is 0 Å². The van der Waals surface area contributed by atoms with E-state index in [2.05, 4.69) is 4.98 Å². The molecule has 0 aliphatic carbocycles. The molecule has 1 aromatic carbocycles. The molecule has 0 bridgehead atoms. The predicted octanol–water partition coefficient (Wildman–Crippen LogP) is 0.695. The quantitative estimate of drug-likeness (QED) is 0.831. The lowest BCUT2D eigenvalue weighted by Crippen LogP contribution is -2.25. The van der Waals surface area contributed by atoms with Crippen molar-refractivity contribution >= 4 is 5.97 Å². The molecule has 0 saturated heterocycles. The van der Waals surface area contributed by atoms with Gasteiger partial charge in [-0.15, -0.1) is 0 Å². The summed E-state index contributed by atoms with van der Waals surface area (Å²) in [5.41, 5.74) is -0.460. The van der Waals surface area contributed by atoms with Crippen molar-refractivity contribution in [2.75, 3.05) is 0 Å². The summed E-state index contributed by atoms with van der Waals surface area (Å²) in [5.74, 6) is -1.77. The summed E-state index contributed by atoms with van der Waals surface area (Å²) in [6.45, 7) is 0.137. The van der Waals surface area contributed by atoms with Crippen molar-refractivity contribution in [3.05, 3.63) is 58.1 Å². The summed E-state index contributed by atoms with van der Waals surface area (Å²) < 4.78 is 1.00. The largest absolute Gasteiger partial charge is 0.494 e. The number of nitrogens with zero attached hydrogens (tertiary/aromatic N) is 2. The van der Waals surface area contributed by atoms with E-state index in [1.807, 2.05) is 6.07 Å². The van der Waals surface area contributed by atoms with Gasteiger partial charge in [-0.2, -0.15) is 4.98 Å². The molecule has 0 saturated carbocycles. The lowest BCUT2D eigenvalue weighted by Gasteiger charge is -2.07. The molecule has 2 N–H and O–H groups in total. The molecule has 6 nitrogen and oxygen atoms in total. The van der Waals surface area contributed by atoms with Crippen LogP contribution in [0.3, 0.4) is 0 Å². The van der Waals surface area contributed by atoms with Gasteiger partial charge in [0, 0.05) is 6.07 Å². The minimum Gasteiger partial charge on any atom is -0.494 e. The smallest absolute Gasteiger partial charge is 0.354 e. The third-order valence-electron chi connectivity index (χ3n) is 2.39. The Morgan fingerprint density at radius 1 is 1.28 bits per heavy atom. The van der Waals surface area contributed by atoms with Crippen LogP contribution in [0.25, 0.3) is 0 Å². The van der Waals surface area contributed by atoms with Crippen LogP contribution in [0.1, 0.15) is 16.1 Å². The Kier molecular flexibility index (Phi) is 3.09. The third kappa shape index (κ3) is 2.37. The van der Waals surface area contributed by atoms with E-state index in [0.29, 0.717) is 0 Å². The molecule has 6 heteroatoms. The predicted molar refractivity (Wildman–Crippen MR) is 62.7 cm³/mol. The van der Waals surface area contributed by atoms with Crippen LogP contribution >= 0.6 is 0 Å². The SMILES string of the molecule is O=C(O)c1cc(O)n(Cc2ccccc2)c(=O)n1. The Labute approximate surface area is 102 Å². The van der Waals surface area contributed by atoms with Crippen LogP contribution in [0.15, 0.2) is 41.2 Å². The summed E-state index contributed by atoms with van der Waals surface area (Å²) in [7, 11) is 0. The Morgan fingerprint density at radius 2 is 1.94 bits per heavy atom. The van der Waals surface area contributed by atoms with E-state index in [-0.39, 0.29) is 6.54 Å². The van der Waals surface area contributed by atoms with E-state index in [1.165, 1.54) is 0 Å². The number of carboxylic acid groups (broad SMARTS) is 1. The number of aromatic hydroxyl groups is 1. The first-order chi connectivity index (χ1) is 8.58. The van der Waals surface area contributed by atoms with Gasteiger partial charge in [-0.3, -0.25) is 4.57 Å². The lowest BCUT2D eigenvalue weighted by atomic mass is 10.2. The summed E-state index contributed by atoms with van der Waals surface area (Å²) >= 11 is 0. The molecular formula is C12H10N2O4. The minimum absolute atomic E-state index is 0.137. The maximum atomic E-state index is 11.6. The number of aromatic nitrogens is 2. The molecule has 0 fully saturated rings. The normalized spacial score (nSPS) is 10.2. The van der Waals surface area contributed by atoms with Crippen LogP contribution in [-0.2, 0) is 6.54 Å².